The molecule has 7 heteroatoms. The van der Waals surface area contributed by atoms with Gasteiger partial charge in [-0.2, -0.15) is 0 Å². The maximum absolute atomic E-state index is 13.1. The highest BCUT2D eigenvalue weighted by molar-refractivity contribution is 5.82. The first-order chi connectivity index (χ1) is 15.1. The van der Waals surface area contributed by atoms with Crippen LogP contribution in [0.25, 0.3) is 0 Å². The Hall–Kier alpha value is -2.61. The molecule has 2 fully saturated rings. The van der Waals surface area contributed by atoms with E-state index in [4.69, 9.17) is 9.47 Å². The van der Waals surface area contributed by atoms with Crippen LogP contribution in [0.15, 0.2) is 36.4 Å². The van der Waals surface area contributed by atoms with Crippen LogP contribution in [0.3, 0.4) is 0 Å². The summed E-state index contributed by atoms with van der Waals surface area (Å²) in [4.78, 5) is 17.5. The lowest BCUT2D eigenvalue weighted by Crippen LogP contribution is -2.53. The lowest BCUT2D eigenvalue weighted by Gasteiger charge is -2.35. The number of aryl methyl sites for hydroxylation is 2. The van der Waals surface area contributed by atoms with E-state index in [0.29, 0.717) is 6.79 Å². The molecule has 2 aromatic carbocycles. The molecule has 31 heavy (non-hydrogen) atoms. The van der Waals surface area contributed by atoms with Crippen molar-refractivity contribution in [2.75, 3.05) is 33.0 Å². The molecule has 0 aliphatic carbocycles. The van der Waals surface area contributed by atoms with Gasteiger partial charge in [-0.25, -0.2) is 10.9 Å². The summed E-state index contributed by atoms with van der Waals surface area (Å²) >= 11 is 0. The Bertz CT molecular complexity index is 971. The molecule has 7 nitrogen and oxygen atoms in total. The van der Waals surface area contributed by atoms with E-state index in [2.05, 4.69) is 59.9 Å². The number of nitrogens with zero attached hydrogens (tertiary/aromatic N) is 2. The molecule has 2 atom stereocenters. The zero-order valence-corrected chi connectivity index (χ0v) is 18.2. The molecule has 2 aromatic rings. The highest BCUT2D eigenvalue weighted by Gasteiger charge is 2.34. The largest absolute Gasteiger partial charge is 0.454 e. The van der Waals surface area contributed by atoms with Crippen molar-refractivity contribution >= 4 is 5.91 Å². The molecule has 0 aromatic heterocycles. The molecule has 3 aliphatic rings. The van der Waals surface area contributed by atoms with Crippen molar-refractivity contribution in [3.05, 3.63) is 58.7 Å². The summed E-state index contributed by atoms with van der Waals surface area (Å²) in [6.07, 6.45) is 0.777. The highest BCUT2D eigenvalue weighted by Crippen LogP contribution is 2.33. The Kier molecular flexibility index (Phi) is 5.56. The van der Waals surface area contributed by atoms with Gasteiger partial charge in [-0.05, 0) is 54.7 Å². The van der Waals surface area contributed by atoms with Gasteiger partial charge in [-0.3, -0.25) is 9.69 Å². The molecule has 3 aliphatic heterocycles. The van der Waals surface area contributed by atoms with E-state index in [1.165, 1.54) is 22.3 Å². The Balaban J connectivity index is 1.13. The number of fused-ring (bicyclic) bond motifs is 1. The van der Waals surface area contributed by atoms with Crippen molar-refractivity contribution in [3.8, 4) is 11.5 Å². The average Bonchev–Trinajstić information content (AvgIpc) is 3.45. The van der Waals surface area contributed by atoms with Gasteiger partial charge in [0.1, 0.15) is 6.04 Å². The van der Waals surface area contributed by atoms with Crippen molar-refractivity contribution < 1.29 is 14.3 Å². The van der Waals surface area contributed by atoms with E-state index in [1.54, 1.807) is 0 Å². The van der Waals surface area contributed by atoms with Crippen LogP contribution in [-0.2, 0) is 11.3 Å². The quantitative estimate of drug-likeness (QED) is 0.788. The van der Waals surface area contributed by atoms with Gasteiger partial charge in [-0.15, -0.1) is 0 Å². The molecular formula is C24H30N4O3. The summed E-state index contributed by atoms with van der Waals surface area (Å²) in [6.45, 7) is 8.68. The van der Waals surface area contributed by atoms with Crippen LogP contribution in [0.5, 0.6) is 11.5 Å². The fourth-order valence-electron chi connectivity index (χ4n) is 4.56. The molecule has 2 unspecified atom stereocenters. The van der Waals surface area contributed by atoms with E-state index in [9.17, 15) is 4.79 Å². The third kappa shape index (κ3) is 4.26. The summed E-state index contributed by atoms with van der Waals surface area (Å²) in [5.41, 5.74) is 11.6. The number of rotatable bonds is 4. The first-order valence-corrected chi connectivity index (χ1v) is 11.0. The molecule has 0 saturated carbocycles. The van der Waals surface area contributed by atoms with Gasteiger partial charge in [0.15, 0.2) is 11.5 Å². The van der Waals surface area contributed by atoms with Crippen LogP contribution in [0.4, 0.5) is 0 Å². The second kappa shape index (κ2) is 8.49. The average molecular weight is 423 g/mol. The lowest BCUT2D eigenvalue weighted by molar-refractivity contribution is -0.135. The summed E-state index contributed by atoms with van der Waals surface area (Å²) in [7, 11) is 0. The van der Waals surface area contributed by atoms with Gasteiger partial charge in [0.25, 0.3) is 0 Å². The van der Waals surface area contributed by atoms with E-state index in [1.807, 2.05) is 11.0 Å². The van der Waals surface area contributed by atoms with Gasteiger partial charge in [0.05, 0.1) is 0 Å². The lowest BCUT2D eigenvalue weighted by atomic mass is 9.98. The summed E-state index contributed by atoms with van der Waals surface area (Å²) < 4.78 is 10.9. The molecule has 0 bridgehead atoms. The highest BCUT2D eigenvalue weighted by atomic mass is 16.7. The number of piperazine rings is 1. The topological polar surface area (TPSA) is 66.1 Å². The van der Waals surface area contributed by atoms with Crippen LogP contribution in [-0.4, -0.2) is 54.7 Å². The fraction of sp³-hybridized carbons (Fsp3) is 0.458. The molecule has 1 amide bonds. The second-order valence-corrected chi connectivity index (χ2v) is 8.76. The van der Waals surface area contributed by atoms with E-state index in [0.717, 1.165) is 50.6 Å². The summed E-state index contributed by atoms with van der Waals surface area (Å²) in [6, 6.07) is 12.6. The van der Waals surface area contributed by atoms with Crippen molar-refractivity contribution in [2.24, 2.45) is 0 Å². The number of benzene rings is 2. The van der Waals surface area contributed by atoms with E-state index >= 15 is 0 Å². The fourth-order valence-corrected chi connectivity index (χ4v) is 4.56. The third-order valence-electron chi connectivity index (χ3n) is 6.66. The number of ether oxygens (including phenoxy) is 2. The molecule has 0 radical (unpaired) electrons. The minimum atomic E-state index is -0.174. The number of amides is 1. The van der Waals surface area contributed by atoms with Crippen molar-refractivity contribution in [2.45, 2.75) is 38.9 Å². The minimum absolute atomic E-state index is 0.167. The molecule has 3 heterocycles. The van der Waals surface area contributed by atoms with Crippen molar-refractivity contribution in [3.63, 3.8) is 0 Å². The predicted molar refractivity (Wildman–Crippen MR) is 118 cm³/mol. The van der Waals surface area contributed by atoms with Gasteiger partial charge in [-0.1, -0.05) is 24.3 Å². The van der Waals surface area contributed by atoms with Crippen molar-refractivity contribution in [1.82, 2.24) is 20.7 Å². The van der Waals surface area contributed by atoms with Crippen LogP contribution < -0.4 is 20.3 Å². The van der Waals surface area contributed by atoms with Gasteiger partial charge in [0, 0.05) is 38.8 Å². The molecule has 2 saturated heterocycles. The molecule has 0 spiro atoms. The van der Waals surface area contributed by atoms with Crippen molar-refractivity contribution in [1.29, 1.82) is 0 Å². The number of nitrogens with one attached hydrogen (secondary N) is 2. The number of hydrazine groups is 1. The minimum Gasteiger partial charge on any atom is -0.454 e. The van der Waals surface area contributed by atoms with Crippen LogP contribution in [0.1, 0.15) is 34.7 Å². The van der Waals surface area contributed by atoms with Gasteiger partial charge in [0.2, 0.25) is 12.7 Å². The molecule has 5 rings (SSSR count). The van der Waals surface area contributed by atoms with E-state index in [-0.39, 0.29) is 18.0 Å². The first-order valence-electron chi connectivity index (χ1n) is 11.0. The monoisotopic (exact) mass is 422 g/mol. The van der Waals surface area contributed by atoms with Gasteiger partial charge < -0.3 is 14.4 Å². The Morgan fingerprint density at radius 1 is 0.968 bits per heavy atom. The molecule has 164 valence electrons. The van der Waals surface area contributed by atoms with Crippen LogP contribution >= 0.6 is 0 Å². The zero-order chi connectivity index (χ0) is 21.4. The Labute approximate surface area is 183 Å². The molecular weight excluding hydrogens is 392 g/mol. The van der Waals surface area contributed by atoms with Crippen LogP contribution in [0.2, 0.25) is 0 Å². The number of hydrogen-bond donors (Lipinski definition) is 2. The smallest absolute Gasteiger partial charge is 0.241 e. The Morgan fingerprint density at radius 2 is 1.77 bits per heavy atom. The number of carbonyl (C=O) groups is 1. The second-order valence-electron chi connectivity index (χ2n) is 8.76. The Morgan fingerprint density at radius 3 is 2.58 bits per heavy atom. The van der Waals surface area contributed by atoms with E-state index < -0.39 is 0 Å². The summed E-state index contributed by atoms with van der Waals surface area (Å²) in [5.74, 6) is 1.84. The number of hydrogen-bond acceptors (Lipinski definition) is 6. The third-order valence-corrected chi connectivity index (χ3v) is 6.66. The first kappa shape index (κ1) is 20.3. The van der Waals surface area contributed by atoms with Crippen LogP contribution in [0, 0.1) is 13.8 Å². The predicted octanol–water partition coefficient (Wildman–Crippen LogP) is 2.28. The standard InChI is InChI=1S/C24H30N4O3/c1-16-3-5-19(11-17(16)2)20-13-21(26-25-20)24(29)28-9-7-27(8-10-28)14-18-4-6-22-23(12-18)31-15-30-22/h3-6,11-12,20-21,25-26H,7-10,13-15H2,1-2H3. The normalized spacial score (nSPS) is 23.4. The summed E-state index contributed by atoms with van der Waals surface area (Å²) in [5, 5.41) is 0. The SMILES string of the molecule is Cc1ccc(C2CC(C(=O)N3CCN(Cc4ccc5c(c4)OCO5)CC3)NN2)cc1C. The number of carbonyl (C=O) groups excluding carboxylic acids is 1. The maximum atomic E-state index is 13.1. The van der Waals surface area contributed by atoms with Gasteiger partial charge >= 0.3 is 0 Å². The maximum Gasteiger partial charge on any atom is 0.241 e. The molecule has 2 N–H and O–H groups in total. The zero-order valence-electron chi connectivity index (χ0n) is 18.2.